The third-order valence-corrected chi connectivity index (χ3v) is 9.29. The summed E-state index contributed by atoms with van der Waals surface area (Å²) < 4.78 is 33.5. The quantitative estimate of drug-likeness (QED) is 0.648. The highest BCUT2D eigenvalue weighted by Gasteiger charge is 2.38. The van der Waals surface area contributed by atoms with Crippen LogP contribution in [0.4, 0.5) is 22.9 Å². The van der Waals surface area contributed by atoms with Gasteiger partial charge in [-0.3, -0.25) is 4.79 Å². The summed E-state index contributed by atoms with van der Waals surface area (Å²) >= 11 is 0. The van der Waals surface area contributed by atoms with Gasteiger partial charge in [0.1, 0.15) is 11.9 Å². The molecule has 11 heteroatoms. The second-order valence-corrected chi connectivity index (χ2v) is 11.7. The molecule has 194 valence electrons. The Labute approximate surface area is 212 Å². The molecule has 0 saturated carbocycles. The lowest BCUT2D eigenvalue weighted by Gasteiger charge is -2.45. The van der Waals surface area contributed by atoms with Crippen LogP contribution in [0.3, 0.4) is 0 Å². The molecule has 10 nitrogen and oxygen atoms in total. The maximum atomic E-state index is 13.2. The smallest absolute Gasteiger partial charge is 0.249 e. The molecule has 2 saturated heterocycles. The van der Waals surface area contributed by atoms with Crippen molar-refractivity contribution in [2.24, 2.45) is 0 Å². The molecule has 0 spiro atoms. The summed E-state index contributed by atoms with van der Waals surface area (Å²) in [4.78, 5) is 23.7. The summed E-state index contributed by atoms with van der Waals surface area (Å²) in [7, 11) is 0.199. The van der Waals surface area contributed by atoms with E-state index in [0.29, 0.717) is 37.8 Å². The van der Waals surface area contributed by atoms with Crippen molar-refractivity contribution in [2.75, 3.05) is 68.6 Å². The number of hydrogen-bond donors (Lipinski definition) is 1. The van der Waals surface area contributed by atoms with Crippen LogP contribution in [0.5, 0.6) is 0 Å². The van der Waals surface area contributed by atoms with Crippen molar-refractivity contribution >= 4 is 38.8 Å². The molecule has 1 N–H and O–H groups in total. The standard InChI is InChI=1S/C25H34N6O4S/c1-18-25(32)29(3)23-17-26-24(16-22(23)31(18)20-7-13-35-14-8-20)27-19-5-4-6-21(15-19)36(33,34)30-11-9-28(2)10-12-30/h4-6,15-18,20H,7-14H2,1-3H3,(H,26,27). The zero-order chi connectivity index (χ0) is 25.4. The van der Waals surface area contributed by atoms with Crippen LogP contribution >= 0.6 is 0 Å². The number of likely N-dealkylation sites (N-methyl/N-ethyl adjacent to an activating group) is 2. The van der Waals surface area contributed by atoms with Crippen molar-refractivity contribution < 1.29 is 17.9 Å². The molecule has 2 aromatic rings. The molecule has 0 bridgehead atoms. The Morgan fingerprint density at radius 3 is 2.47 bits per heavy atom. The van der Waals surface area contributed by atoms with E-state index in [1.165, 1.54) is 0 Å². The van der Waals surface area contributed by atoms with Gasteiger partial charge in [0.15, 0.2) is 0 Å². The van der Waals surface area contributed by atoms with Crippen LogP contribution in [0.15, 0.2) is 41.4 Å². The summed E-state index contributed by atoms with van der Waals surface area (Å²) in [6, 6.07) is 8.73. The second kappa shape index (κ2) is 9.97. The molecule has 3 aliphatic rings. The lowest BCUT2D eigenvalue weighted by Crippen LogP contribution is -2.55. The van der Waals surface area contributed by atoms with Crippen LogP contribution in [0.25, 0.3) is 0 Å². The summed E-state index contributed by atoms with van der Waals surface area (Å²) in [6.07, 6.45) is 3.43. The molecule has 36 heavy (non-hydrogen) atoms. The van der Waals surface area contributed by atoms with Crippen LogP contribution in [0, 0.1) is 0 Å². The maximum absolute atomic E-state index is 13.2. The van der Waals surface area contributed by atoms with E-state index in [2.05, 4.69) is 20.1 Å². The first-order valence-corrected chi connectivity index (χ1v) is 13.9. The van der Waals surface area contributed by atoms with E-state index < -0.39 is 10.0 Å². The Bertz CT molecular complexity index is 1220. The van der Waals surface area contributed by atoms with Gasteiger partial charge in [-0.1, -0.05) is 6.07 Å². The molecule has 0 aliphatic carbocycles. The second-order valence-electron chi connectivity index (χ2n) is 9.74. The van der Waals surface area contributed by atoms with Crippen molar-refractivity contribution in [3.8, 4) is 0 Å². The minimum atomic E-state index is -3.58. The molecule has 1 aromatic heterocycles. The molecule has 1 atom stereocenters. The molecular weight excluding hydrogens is 480 g/mol. The predicted octanol–water partition coefficient (Wildman–Crippen LogP) is 2.11. The minimum absolute atomic E-state index is 0.0401. The molecule has 2 fully saturated rings. The SMILES string of the molecule is CC1C(=O)N(C)c2cnc(Nc3cccc(S(=O)(=O)N4CCN(C)CC4)c3)cc2N1C1CCOCC1. The van der Waals surface area contributed by atoms with E-state index in [4.69, 9.17) is 4.74 Å². The first-order chi connectivity index (χ1) is 17.3. The Morgan fingerprint density at radius 1 is 1.03 bits per heavy atom. The molecule has 1 unspecified atom stereocenters. The van der Waals surface area contributed by atoms with Crippen LogP contribution in [-0.2, 0) is 19.6 Å². The lowest BCUT2D eigenvalue weighted by molar-refractivity contribution is -0.119. The molecule has 1 aromatic carbocycles. The van der Waals surface area contributed by atoms with Gasteiger partial charge in [0.25, 0.3) is 0 Å². The zero-order valence-electron chi connectivity index (χ0n) is 21.1. The third-order valence-electron chi connectivity index (χ3n) is 7.40. The maximum Gasteiger partial charge on any atom is 0.249 e. The number of rotatable bonds is 5. The molecule has 0 radical (unpaired) electrons. The number of nitrogens with zero attached hydrogens (tertiary/aromatic N) is 5. The van der Waals surface area contributed by atoms with E-state index in [-0.39, 0.29) is 22.9 Å². The highest BCUT2D eigenvalue weighted by molar-refractivity contribution is 7.89. The average Bonchev–Trinajstić information content (AvgIpc) is 2.88. The number of carbonyl (C=O) groups excluding carboxylic acids is 1. The highest BCUT2D eigenvalue weighted by Crippen LogP contribution is 2.39. The predicted molar refractivity (Wildman–Crippen MR) is 139 cm³/mol. The number of nitrogens with one attached hydrogen (secondary N) is 1. The topological polar surface area (TPSA) is 98.3 Å². The summed E-state index contributed by atoms with van der Waals surface area (Å²) in [5.74, 6) is 0.633. The number of ether oxygens (including phenoxy) is 1. The normalized spacial score (nSPS) is 22.5. The molecule has 5 rings (SSSR count). The molecular formula is C25H34N6O4S. The van der Waals surface area contributed by atoms with Gasteiger partial charge < -0.3 is 24.8 Å². The molecule has 1 amide bonds. The van der Waals surface area contributed by atoms with Gasteiger partial charge in [0, 0.05) is 64.2 Å². The van der Waals surface area contributed by atoms with Crippen molar-refractivity contribution in [3.63, 3.8) is 0 Å². The fraction of sp³-hybridized carbons (Fsp3) is 0.520. The van der Waals surface area contributed by atoms with Crippen LogP contribution in [0.2, 0.25) is 0 Å². The van der Waals surface area contributed by atoms with Crippen LogP contribution < -0.4 is 15.1 Å². The number of hydrogen-bond acceptors (Lipinski definition) is 8. The number of anilines is 4. The van der Waals surface area contributed by atoms with E-state index >= 15 is 0 Å². The van der Waals surface area contributed by atoms with Gasteiger partial charge in [-0.15, -0.1) is 0 Å². The number of sulfonamides is 1. The Kier molecular flexibility index (Phi) is 6.90. The van der Waals surface area contributed by atoms with Crippen LogP contribution in [0.1, 0.15) is 19.8 Å². The number of benzene rings is 1. The number of amides is 1. The average molecular weight is 515 g/mol. The Balaban J connectivity index is 1.42. The van der Waals surface area contributed by atoms with Gasteiger partial charge in [0.05, 0.1) is 22.5 Å². The van der Waals surface area contributed by atoms with Crippen molar-refractivity contribution in [1.82, 2.24) is 14.2 Å². The molecule has 4 heterocycles. The zero-order valence-corrected chi connectivity index (χ0v) is 21.9. The van der Waals surface area contributed by atoms with Crippen molar-refractivity contribution in [2.45, 2.75) is 36.7 Å². The Morgan fingerprint density at radius 2 is 1.75 bits per heavy atom. The minimum Gasteiger partial charge on any atom is -0.381 e. The highest BCUT2D eigenvalue weighted by atomic mass is 32.2. The lowest BCUT2D eigenvalue weighted by atomic mass is 10.00. The fourth-order valence-corrected chi connectivity index (χ4v) is 6.70. The monoisotopic (exact) mass is 514 g/mol. The number of carbonyl (C=O) groups is 1. The van der Waals surface area contributed by atoms with Gasteiger partial charge in [0.2, 0.25) is 15.9 Å². The van der Waals surface area contributed by atoms with E-state index in [1.807, 2.05) is 26.1 Å². The summed E-state index contributed by atoms with van der Waals surface area (Å²) in [6.45, 7) is 5.70. The van der Waals surface area contributed by atoms with E-state index in [1.54, 1.807) is 40.6 Å². The first kappa shape index (κ1) is 24.9. The van der Waals surface area contributed by atoms with E-state index in [9.17, 15) is 13.2 Å². The number of fused-ring (bicyclic) bond motifs is 1. The van der Waals surface area contributed by atoms with Crippen molar-refractivity contribution in [1.29, 1.82) is 0 Å². The van der Waals surface area contributed by atoms with Gasteiger partial charge in [-0.05, 0) is 45.0 Å². The fourth-order valence-electron chi connectivity index (χ4n) is 5.23. The number of pyridine rings is 1. The summed E-state index contributed by atoms with van der Waals surface area (Å²) in [5, 5.41) is 3.28. The number of aromatic nitrogens is 1. The third kappa shape index (κ3) is 4.68. The largest absolute Gasteiger partial charge is 0.381 e. The van der Waals surface area contributed by atoms with E-state index in [0.717, 1.165) is 37.3 Å². The van der Waals surface area contributed by atoms with Gasteiger partial charge >= 0.3 is 0 Å². The van der Waals surface area contributed by atoms with Crippen molar-refractivity contribution in [3.05, 3.63) is 36.5 Å². The molecule has 3 aliphatic heterocycles. The van der Waals surface area contributed by atoms with Crippen LogP contribution in [-0.4, -0.2) is 94.1 Å². The number of piperazine rings is 1. The Hall–Kier alpha value is -2.73. The van der Waals surface area contributed by atoms with Gasteiger partial charge in [-0.2, -0.15) is 4.31 Å². The van der Waals surface area contributed by atoms with Gasteiger partial charge in [-0.25, -0.2) is 13.4 Å². The first-order valence-electron chi connectivity index (χ1n) is 12.4. The summed E-state index contributed by atoms with van der Waals surface area (Å²) in [5.41, 5.74) is 2.35.